The number of nitrogens with one attached hydrogen (secondary N) is 1. The van der Waals surface area contributed by atoms with Gasteiger partial charge in [0.15, 0.2) is 0 Å². The number of carbonyl (C=O) groups excluding carboxylic acids is 3. The normalized spacial score (nSPS) is 18.5. The van der Waals surface area contributed by atoms with Crippen LogP contribution in [0.25, 0.3) is 0 Å². The molecule has 8 nitrogen and oxygen atoms in total. The number of amides is 2. The van der Waals surface area contributed by atoms with Crippen LogP contribution in [-0.4, -0.2) is 89.1 Å². The van der Waals surface area contributed by atoms with Crippen LogP contribution in [0.4, 0.5) is 0 Å². The van der Waals surface area contributed by atoms with E-state index in [1.54, 1.807) is 41.9 Å². The third-order valence-corrected chi connectivity index (χ3v) is 6.42. The molecule has 0 bridgehead atoms. The number of nitrogens with zero attached hydrogens (tertiary/aromatic N) is 2. The number of aliphatic hydroxyl groups is 2. The minimum atomic E-state index is -1.21. The van der Waals surface area contributed by atoms with E-state index in [2.05, 4.69) is 5.32 Å². The lowest BCUT2D eigenvalue weighted by atomic mass is 9.77. The summed E-state index contributed by atoms with van der Waals surface area (Å²) in [6, 6.07) is -1.19. The molecule has 31 heavy (non-hydrogen) atoms. The molecular weight excluding hydrogens is 398 g/mol. The van der Waals surface area contributed by atoms with Gasteiger partial charge in [0.05, 0.1) is 18.2 Å². The molecule has 8 heteroatoms. The summed E-state index contributed by atoms with van der Waals surface area (Å²) in [6.07, 6.45) is 1.54. The minimum Gasteiger partial charge on any atom is -0.393 e. The number of likely N-dealkylation sites (N-methyl/N-ethyl adjacent to an activating group) is 3. The SMILES string of the molecule is CN[C@@H](C(=O)N(C)[C@H](C)C(=O)N(C)[C@](C=O)(CC(C)O)[C@H](C)CCCC(C)O)C(C)C. The molecule has 0 aliphatic heterocycles. The molecule has 2 unspecified atom stereocenters. The Morgan fingerprint density at radius 2 is 1.52 bits per heavy atom. The van der Waals surface area contributed by atoms with E-state index in [0.717, 1.165) is 6.29 Å². The Kier molecular flexibility index (Phi) is 12.5. The summed E-state index contributed by atoms with van der Waals surface area (Å²) in [5.74, 6) is -0.729. The summed E-state index contributed by atoms with van der Waals surface area (Å²) < 4.78 is 0. The number of aliphatic hydroxyl groups excluding tert-OH is 2. The average molecular weight is 444 g/mol. The Morgan fingerprint density at radius 3 is 1.90 bits per heavy atom. The van der Waals surface area contributed by atoms with Crippen LogP contribution in [0, 0.1) is 11.8 Å². The van der Waals surface area contributed by atoms with Gasteiger partial charge in [0, 0.05) is 20.5 Å². The predicted octanol–water partition coefficient (Wildman–Crippen LogP) is 1.43. The maximum atomic E-state index is 13.4. The molecule has 0 fully saturated rings. The van der Waals surface area contributed by atoms with E-state index in [-0.39, 0.29) is 30.1 Å². The first-order valence-corrected chi connectivity index (χ1v) is 11.3. The van der Waals surface area contributed by atoms with Crippen molar-refractivity contribution >= 4 is 18.1 Å². The summed E-state index contributed by atoms with van der Waals surface area (Å²) in [4.78, 5) is 41.4. The molecule has 0 aromatic rings. The van der Waals surface area contributed by atoms with Gasteiger partial charge in [-0.15, -0.1) is 0 Å². The number of carbonyl (C=O) groups is 3. The first-order valence-electron chi connectivity index (χ1n) is 11.3. The molecule has 0 rings (SSSR count). The average Bonchev–Trinajstić information content (AvgIpc) is 2.69. The first-order chi connectivity index (χ1) is 14.3. The monoisotopic (exact) mass is 443 g/mol. The van der Waals surface area contributed by atoms with Crippen molar-refractivity contribution in [3.63, 3.8) is 0 Å². The second kappa shape index (κ2) is 13.1. The van der Waals surface area contributed by atoms with E-state index in [0.29, 0.717) is 19.3 Å². The summed E-state index contributed by atoms with van der Waals surface area (Å²) >= 11 is 0. The fraction of sp³-hybridized carbons (Fsp3) is 0.870. The van der Waals surface area contributed by atoms with Crippen molar-refractivity contribution < 1.29 is 24.6 Å². The van der Waals surface area contributed by atoms with Gasteiger partial charge in [0.1, 0.15) is 17.9 Å². The fourth-order valence-corrected chi connectivity index (χ4v) is 4.16. The van der Waals surface area contributed by atoms with Crippen LogP contribution in [0.1, 0.15) is 67.2 Å². The van der Waals surface area contributed by atoms with Crippen molar-refractivity contribution in [2.24, 2.45) is 11.8 Å². The van der Waals surface area contributed by atoms with Gasteiger partial charge >= 0.3 is 0 Å². The Labute approximate surface area is 188 Å². The molecule has 0 aromatic heterocycles. The highest BCUT2D eigenvalue weighted by atomic mass is 16.3. The molecule has 182 valence electrons. The van der Waals surface area contributed by atoms with Gasteiger partial charge in [0.2, 0.25) is 11.8 Å². The number of rotatable bonds is 14. The molecule has 0 saturated carbocycles. The number of hydrogen-bond acceptors (Lipinski definition) is 6. The van der Waals surface area contributed by atoms with E-state index < -0.39 is 29.8 Å². The second-order valence-electron chi connectivity index (χ2n) is 9.38. The van der Waals surface area contributed by atoms with Crippen LogP contribution < -0.4 is 5.32 Å². The van der Waals surface area contributed by atoms with E-state index in [9.17, 15) is 24.6 Å². The van der Waals surface area contributed by atoms with Crippen molar-refractivity contribution in [2.75, 3.05) is 21.1 Å². The lowest BCUT2D eigenvalue weighted by Crippen LogP contribution is -2.61. The first kappa shape index (κ1) is 29.5. The Hall–Kier alpha value is -1.51. The molecule has 0 aromatic carbocycles. The molecule has 6 atom stereocenters. The standard InChI is InChI=1S/C23H45N3O5/c1-15(2)20(24-7)22(31)25(8)19(6)21(30)26(9)23(14-27,13-18(5)29)16(3)11-10-12-17(4)28/h14-20,24,28-29H,10-13H2,1-9H3/t16-,17?,18?,19-,20-,23+/m1/s1. The molecule has 0 heterocycles. The zero-order chi connectivity index (χ0) is 24.5. The quantitative estimate of drug-likeness (QED) is 0.350. The molecule has 0 aliphatic rings. The lowest BCUT2D eigenvalue weighted by molar-refractivity contribution is -0.153. The summed E-state index contributed by atoms with van der Waals surface area (Å²) in [5, 5.41) is 22.6. The summed E-state index contributed by atoms with van der Waals surface area (Å²) in [5.41, 5.74) is -1.21. The van der Waals surface area contributed by atoms with Gasteiger partial charge in [0.25, 0.3) is 0 Å². The van der Waals surface area contributed by atoms with Crippen LogP contribution in [0.2, 0.25) is 0 Å². The van der Waals surface area contributed by atoms with Gasteiger partial charge in [-0.25, -0.2) is 0 Å². The molecule has 0 aliphatic carbocycles. The van der Waals surface area contributed by atoms with Gasteiger partial charge in [-0.1, -0.05) is 27.2 Å². The van der Waals surface area contributed by atoms with Crippen molar-refractivity contribution in [3.05, 3.63) is 0 Å². The molecule has 0 saturated heterocycles. The Bertz CT molecular complexity index is 582. The lowest BCUT2D eigenvalue weighted by Gasteiger charge is -2.45. The van der Waals surface area contributed by atoms with Crippen molar-refractivity contribution in [1.29, 1.82) is 0 Å². The highest BCUT2D eigenvalue weighted by molar-refractivity contribution is 5.91. The third kappa shape index (κ3) is 7.84. The van der Waals surface area contributed by atoms with Gasteiger partial charge in [-0.05, 0) is 52.5 Å². The van der Waals surface area contributed by atoms with Crippen LogP contribution in [-0.2, 0) is 14.4 Å². The van der Waals surface area contributed by atoms with E-state index in [1.165, 1.54) is 9.80 Å². The fourth-order valence-electron chi connectivity index (χ4n) is 4.16. The second-order valence-corrected chi connectivity index (χ2v) is 9.38. The molecule has 0 spiro atoms. The molecule has 3 N–H and O–H groups in total. The van der Waals surface area contributed by atoms with Gasteiger partial charge in [-0.3, -0.25) is 9.59 Å². The van der Waals surface area contributed by atoms with E-state index >= 15 is 0 Å². The molecule has 2 amide bonds. The van der Waals surface area contributed by atoms with Crippen molar-refractivity contribution in [3.8, 4) is 0 Å². The third-order valence-electron chi connectivity index (χ3n) is 6.42. The Morgan fingerprint density at radius 1 is 0.968 bits per heavy atom. The number of hydrogen-bond donors (Lipinski definition) is 3. The van der Waals surface area contributed by atoms with Gasteiger partial charge < -0.3 is 30.1 Å². The maximum absolute atomic E-state index is 13.4. The van der Waals surface area contributed by atoms with Crippen molar-refractivity contribution in [2.45, 2.75) is 97.1 Å². The smallest absolute Gasteiger partial charge is 0.245 e. The minimum absolute atomic E-state index is 0.0539. The number of aldehydes is 1. The topological polar surface area (TPSA) is 110 Å². The summed E-state index contributed by atoms with van der Waals surface area (Å²) in [7, 11) is 4.87. The van der Waals surface area contributed by atoms with Crippen LogP contribution in [0.5, 0.6) is 0 Å². The highest BCUT2D eigenvalue weighted by Crippen LogP contribution is 2.32. The zero-order valence-electron chi connectivity index (χ0n) is 20.9. The van der Waals surface area contributed by atoms with E-state index in [1.807, 2.05) is 20.8 Å². The maximum Gasteiger partial charge on any atom is 0.245 e. The zero-order valence-corrected chi connectivity index (χ0v) is 20.9. The molecular formula is C23H45N3O5. The van der Waals surface area contributed by atoms with Crippen molar-refractivity contribution in [1.82, 2.24) is 15.1 Å². The highest BCUT2D eigenvalue weighted by Gasteiger charge is 2.45. The van der Waals surface area contributed by atoms with Crippen LogP contribution >= 0.6 is 0 Å². The van der Waals surface area contributed by atoms with Crippen LogP contribution in [0.3, 0.4) is 0 Å². The largest absolute Gasteiger partial charge is 0.393 e. The van der Waals surface area contributed by atoms with E-state index in [4.69, 9.17) is 0 Å². The van der Waals surface area contributed by atoms with Gasteiger partial charge in [-0.2, -0.15) is 0 Å². The summed E-state index contributed by atoms with van der Waals surface area (Å²) in [6.45, 7) is 10.7. The Balaban J connectivity index is 5.76. The molecule has 0 radical (unpaired) electrons. The predicted molar refractivity (Wildman–Crippen MR) is 122 cm³/mol. The van der Waals surface area contributed by atoms with Crippen LogP contribution in [0.15, 0.2) is 0 Å².